The average molecular weight is 486 g/mol. The van der Waals surface area contributed by atoms with E-state index in [1.807, 2.05) is 24.3 Å². The second kappa shape index (κ2) is 11.3. The molecule has 3 aromatic rings. The van der Waals surface area contributed by atoms with Crippen LogP contribution in [0, 0.1) is 11.8 Å². The molecule has 0 radical (unpaired) electrons. The number of aryl methyl sites for hydroxylation is 1. The van der Waals surface area contributed by atoms with Gasteiger partial charge in [-0.2, -0.15) is 0 Å². The van der Waals surface area contributed by atoms with Gasteiger partial charge in [-0.3, -0.25) is 14.7 Å². The summed E-state index contributed by atoms with van der Waals surface area (Å²) < 4.78 is 0. The molecule has 1 aromatic heterocycles. The molecule has 0 spiro atoms. The number of benzene rings is 2. The maximum absolute atomic E-state index is 13.3. The van der Waals surface area contributed by atoms with Crippen LogP contribution < -0.4 is 5.73 Å². The van der Waals surface area contributed by atoms with Gasteiger partial charge in [-0.05, 0) is 69.2 Å². The Morgan fingerprint density at radius 2 is 1.61 bits per heavy atom. The first-order valence-corrected chi connectivity index (χ1v) is 11.7. The van der Waals surface area contributed by atoms with E-state index in [9.17, 15) is 4.79 Å². The zero-order chi connectivity index (χ0) is 21.2. The summed E-state index contributed by atoms with van der Waals surface area (Å²) in [6.45, 7) is 3.36. The molecule has 33 heavy (non-hydrogen) atoms. The number of hydrogen-bond donors (Lipinski definition) is 1. The van der Waals surface area contributed by atoms with Gasteiger partial charge in [-0.25, -0.2) is 0 Å². The predicted molar refractivity (Wildman–Crippen MR) is 140 cm³/mol. The number of Topliss-reactive ketones (excluding diaryl/α,β-unsaturated/α-hetero) is 1. The second-order valence-electron chi connectivity index (χ2n) is 9.25. The zero-order valence-corrected chi connectivity index (χ0v) is 20.5. The number of pyridine rings is 1. The summed E-state index contributed by atoms with van der Waals surface area (Å²) in [5.74, 6) is 1.05. The highest BCUT2D eigenvalue weighted by atomic mass is 35.5. The minimum atomic E-state index is 0. The number of fused-ring (bicyclic) bond motifs is 2. The molecular weight excluding hydrogens is 453 g/mol. The van der Waals surface area contributed by atoms with Crippen molar-refractivity contribution in [1.82, 2.24) is 9.88 Å². The van der Waals surface area contributed by atoms with Gasteiger partial charge < -0.3 is 5.73 Å². The Balaban J connectivity index is 0.00000153. The number of nitrogen functional groups attached to an aromatic ring is 1. The van der Waals surface area contributed by atoms with Crippen molar-refractivity contribution in [3.05, 3.63) is 71.4 Å². The number of ketones is 1. The molecule has 0 bridgehead atoms. The molecule has 2 N–H and O–H groups in total. The number of rotatable bonds is 5. The third-order valence-electron chi connectivity index (χ3n) is 7.23. The number of likely N-dealkylation sites (tertiary alicyclic amines) is 1. The molecule has 1 aliphatic carbocycles. The first-order chi connectivity index (χ1) is 15.2. The highest BCUT2D eigenvalue weighted by Gasteiger charge is 2.31. The quantitative estimate of drug-likeness (QED) is 0.474. The van der Waals surface area contributed by atoms with Gasteiger partial charge >= 0.3 is 0 Å². The maximum Gasteiger partial charge on any atom is 0.169 e. The number of nitrogens with two attached hydrogens (primary N) is 1. The first kappa shape index (κ1) is 25.5. The monoisotopic (exact) mass is 485 g/mol. The molecule has 5 rings (SSSR count). The second-order valence-corrected chi connectivity index (χ2v) is 9.25. The highest BCUT2D eigenvalue weighted by Crippen LogP contribution is 2.36. The number of para-hydroxylation sites is 1. The van der Waals surface area contributed by atoms with Crippen LogP contribution in [0.1, 0.15) is 53.7 Å². The smallest absolute Gasteiger partial charge is 0.169 e. The molecule has 1 atom stereocenters. The molecule has 1 unspecified atom stereocenters. The van der Waals surface area contributed by atoms with Crippen molar-refractivity contribution in [3.8, 4) is 0 Å². The fraction of sp³-hybridized carbons (Fsp3) is 0.407. The Kier molecular flexibility index (Phi) is 8.75. The number of carbonyl (C=O) groups is 1. The number of hydrogen-bond acceptors (Lipinski definition) is 4. The van der Waals surface area contributed by atoms with Gasteiger partial charge in [-0.15, -0.1) is 24.8 Å². The van der Waals surface area contributed by atoms with Crippen LogP contribution in [0.5, 0.6) is 0 Å². The standard InChI is InChI=1S/C27H31N3O.2ClH/c28-26-22-8-4-5-9-23(22)29-24-13-12-21(27(31)25(24)26)11-10-19-14-16-30(17-15-19)18-20-6-2-1-3-7-20;;/h1-9,19,21H,10-18H2,(H2,28,29);2*1H. The number of aromatic nitrogens is 1. The van der Waals surface area contributed by atoms with Gasteiger partial charge in [0.05, 0.1) is 22.5 Å². The number of piperidine rings is 1. The summed E-state index contributed by atoms with van der Waals surface area (Å²) in [5, 5.41) is 0.904. The molecule has 2 aromatic carbocycles. The van der Waals surface area contributed by atoms with Crippen molar-refractivity contribution < 1.29 is 4.79 Å². The lowest BCUT2D eigenvalue weighted by atomic mass is 9.79. The third kappa shape index (κ3) is 5.51. The van der Waals surface area contributed by atoms with Crippen molar-refractivity contribution >= 4 is 47.2 Å². The van der Waals surface area contributed by atoms with Crippen molar-refractivity contribution in [1.29, 1.82) is 0 Å². The summed E-state index contributed by atoms with van der Waals surface area (Å²) in [4.78, 5) is 20.6. The van der Waals surface area contributed by atoms with E-state index in [-0.39, 0.29) is 36.5 Å². The molecular formula is C27H33Cl2N3O. The van der Waals surface area contributed by atoms with Gasteiger partial charge in [0.1, 0.15) is 0 Å². The van der Waals surface area contributed by atoms with Gasteiger partial charge in [0, 0.05) is 17.8 Å². The number of carbonyl (C=O) groups excluding carboxylic acids is 1. The summed E-state index contributed by atoms with van der Waals surface area (Å²) in [5.41, 5.74) is 11.0. The molecule has 4 nitrogen and oxygen atoms in total. The van der Waals surface area contributed by atoms with Crippen molar-refractivity contribution in [2.24, 2.45) is 11.8 Å². The number of nitrogens with zero attached hydrogens (tertiary/aromatic N) is 2. The number of anilines is 1. The van der Waals surface area contributed by atoms with Crippen LogP contribution in [0.3, 0.4) is 0 Å². The Labute approximate surface area is 208 Å². The molecule has 6 heteroatoms. The van der Waals surface area contributed by atoms with E-state index in [1.54, 1.807) is 0 Å². The summed E-state index contributed by atoms with van der Waals surface area (Å²) in [7, 11) is 0. The van der Waals surface area contributed by atoms with Crippen LogP contribution >= 0.6 is 24.8 Å². The third-order valence-corrected chi connectivity index (χ3v) is 7.23. The van der Waals surface area contributed by atoms with E-state index in [0.717, 1.165) is 67.8 Å². The van der Waals surface area contributed by atoms with Crippen molar-refractivity contribution in [2.45, 2.75) is 45.1 Å². The van der Waals surface area contributed by atoms with E-state index < -0.39 is 0 Å². The van der Waals surface area contributed by atoms with Crippen LogP contribution in [0.25, 0.3) is 10.9 Å². The lowest BCUT2D eigenvalue weighted by Crippen LogP contribution is -2.33. The fourth-order valence-corrected chi connectivity index (χ4v) is 5.38. The van der Waals surface area contributed by atoms with E-state index in [0.29, 0.717) is 11.3 Å². The van der Waals surface area contributed by atoms with E-state index >= 15 is 0 Å². The Bertz CT molecular complexity index is 1080. The van der Waals surface area contributed by atoms with E-state index in [4.69, 9.17) is 10.7 Å². The SMILES string of the molecule is Cl.Cl.Nc1c2c(nc3ccccc13)CCC(CCC1CCN(Cc3ccccc3)CC1)C2=O. The molecule has 1 saturated heterocycles. The summed E-state index contributed by atoms with van der Waals surface area (Å²) in [6, 6.07) is 18.6. The highest BCUT2D eigenvalue weighted by molar-refractivity contribution is 6.10. The Morgan fingerprint density at radius 3 is 2.36 bits per heavy atom. The Hall–Kier alpha value is -2.14. The topological polar surface area (TPSA) is 59.2 Å². The van der Waals surface area contributed by atoms with E-state index in [1.165, 1.54) is 18.4 Å². The molecule has 2 heterocycles. The predicted octanol–water partition coefficient (Wildman–Crippen LogP) is 6.10. The van der Waals surface area contributed by atoms with Crippen molar-refractivity contribution in [3.63, 3.8) is 0 Å². The normalized spacial score (nSPS) is 18.9. The van der Waals surface area contributed by atoms with Gasteiger partial charge in [0.15, 0.2) is 5.78 Å². The Morgan fingerprint density at radius 1 is 0.909 bits per heavy atom. The summed E-state index contributed by atoms with van der Waals surface area (Å²) in [6.07, 6.45) is 6.36. The number of halogens is 2. The van der Waals surface area contributed by atoms with Crippen LogP contribution in [-0.2, 0) is 13.0 Å². The van der Waals surface area contributed by atoms with Gasteiger partial charge in [0.2, 0.25) is 0 Å². The largest absolute Gasteiger partial charge is 0.398 e. The minimum absolute atomic E-state index is 0. The van der Waals surface area contributed by atoms with E-state index in [2.05, 4.69) is 35.2 Å². The van der Waals surface area contributed by atoms with Crippen molar-refractivity contribution in [2.75, 3.05) is 18.8 Å². The lowest BCUT2D eigenvalue weighted by molar-refractivity contribution is 0.0881. The van der Waals surface area contributed by atoms with Crippen LogP contribution in [0.2, 0.25) is 0 Å². The molecule has 176 valence electrons. The van der Waals surface area contributed by atoms with Gasteiger partial charge in [-0.1, -0.05) is 48.5 Å². The first-order valence-electron chi connectivity index (χ1n) is 11.7. The van der Waals surface area contributed by atoms with Crippen LogP contribution in [0.4, 0.5) is 5.69 Å². The molecule has 0 saturated carbocycles. The minimum Gasteiger partial charge on any atom is -0.398 e. The molecule has 2 aliphatic rings. The average Bonchev–Trinajstić information content (AvgIpc) is 2.80. The molecule has 0 amide bonds. The maximum atomic E-state index is 13.3. The van der Waals surface area contributed by atoms with Crippen LogP contribution in [-0.4, -0.2) is 28.8 Å². The molecule has 1 aliphatic heterocycles. The fourth-order valence-electron chi connectivity index (χ4n) is 5.38. The molecule has 1 fully saturated rings. The van der Waals surface area contributed by atoms with Crippen LogP contribution in [0.15, 0.2) is 54.6 Å². The zero-order valence-electron chi connectivity index (χ0n) is 18.9. The summed E-state index contributed by atoms with van der Waals surface area (Å²) >= 11 is 0. The van der Waals surface area contributed by atoms with Gasteiger partial charge in [0.25, 0.3) is 0 Å². The lowest BCUT2D eigenvalue weighted by Gasteiger charge is -2.33.